The van der Waals surface area contributed by atoms with Gasteiger partial charge in [-0.2, -0.15) is 0 Å². The standard InChI is InChI=1S/C18H22N2O2/c21-16(13-20-10-3-4-11-20)14-22-18-8-2-1-7-17(18)15-6-5-9-19-12-15/h1-2,5-9,12,16,21H,3-4,10-11,13-14H2/t16-/m1/s1. The molecule has 2 aromatic rings. The third-order valence-electron chi connectivity index (χ3n) is 3.96. The van der Waals surface area contributed by atoms with Gasteiger partial charge in [-0.25, -0.2) is 0 Å². The molecule has 4 nitrogen and oxygen atoms in total. The van der Waals surface area contributed by atoms with E-state index in [9.17, 15) is 5.11 Å². The Morgan fingerprint density at radius 3 is 2.73 bits per heavy atom. The van der Waals surface area contributed by atoms with Crippen LogP contribution in [0, 0.1) is 0 Å². The van der Waals surface area contributed by atoms with E-state index in [1.807, 2.05) is 42.6 Å². The van der Waals surface area contributed by atoms with Crippen molar-refractivity contribution in [3.05, 3.63) is 48.8 Å². The van der Waals surface area contributed by atoms with Crippen molar-refractivity contribution in [1.29, 1.82) is 0 Å². The Kier molecular flexibility index (Phi) is 5.03. The van der Waals surface area contributed by atoms with Crippen molar-refractivity contribution in [3.8, 4) is 16.9 Å². The van der Waals surface area contributed by atoms with Gasteiger partial charge in [-0.05, 0) is 38.1 Å². The highest BCUT2D eigenvalue weighted by atomic mass is 16.5. The number of rotatable bonds is 6. The topological polar surface area (TPSA) is 45.6 Å². The summed E-state index contributed by atoms with van der Waals surface area (Å²) < 4.78 is 5.86. The molecule has 116 valence electrons. The van der Waals surface area contributed by atoms with Gasteiger partial charge in [0, 0.05) is 30.1 Å². The Bertz CT molecular complexity index is 583. The second-order valence-electron chi connectivity index (χ2n) is 5.71. The number of aromatic nitrogens is 1. The van der Waals surface area contributed by atoms with E-state index < -0.39 is 6.10 Å². The molecular weight excluding hydrogens is 276 g/mol. The maximum atomic E-state index is 10.2. The van der Waals surface area contributed by atoms with Gasteiger partial charge in [0.2, 0.25) is 0 Å². The van der Waals surface area contributed by atoms with Crippen LogP contribution in [-0.2, 0) is 0 Å². The molecule has 0 bridgehead atoms. The first-order valence-corrected chi connectivity index (χ1v) is 7.85. The fourth-order valence-corrected chi connectivity index (χ4v) is 2.85. The van der Waals surface area contributed by atoms with Gasteiger partial charge in [-0.3, -0.25) is 4.98 Å². The zero-order valence-corrected chi connectivity index (χ0v) is 12.7. The van der Waals surface area contributed by atoms with Crippen molar-refractivity contribution in [3.63, 3.8) is 0 Å². The number of ether oxygens (including phenoxy) is 1. The normalized spacial score (nSPS) is 16.6. The van der Waals surface area contributed by atoms with Crippen LogP contribution in [0.25, 0.3) is 11.1 Å². The van der Waals surface area contributed by atoms with Crippen molar-refractivity contribution < 1.29 is 9.84 Å². The molecule has 1 saturated heterocycles. The second kappa shape index (κ2) is 7.38. The average molecular weight is 298 g/mol. The Hall–Kier alpha value is -1.91. The Labute approximate surface area is 131 Å². The molecule has 4 heteroatoms. The van der Waals surface area contributed by atoms with Gasteiger partial charge >= 0.3 is 0 Å². The van der Waals surface area contributed by atoms with E-state index in [4.69, 9.17) is 4.74 Å². The third kappa shape index (κ3) is 3.84. The first-order valence-electron chi connectivity index (χ1n) is 7.85. The molecule has 1 fully saturated rings. The Morgan fingerprint density at radius 2 is 1.95 bits per heavy atom. The zero-order valence-electron chi connectivity index (χ0n) is 12.7. The van der Waals surface area contributed by atoms with E-state index >= 15 is 0 Å². The summed E-state index contributed by atoms with van der Waals surface area (Å²) in [7, 11) is 0. The SMILES string of the molecule is O[C@@H](COc1ccccc1-c1cccnc1)CN1CCCC1. The van der Waals surface area contributed by atoms with E-state index in [2.05, 4.69) is 9.88 Å². The summed E-state index contributed by atoms with van der Waals surface area (Å²) in [4.78, 5) is 6.45. The summed E-state index contributed by atoms with van der Waals surface area (Å²) in [6.07, 6.45) is 5.59. The van der Waals surface area contributed by atoms with Gasteiger partial charge in [-0.1, -0.05) is 24.3 Å². The molecule has 1 aromatic heterocycles. The predicted octanol–water partition coefficient (Wildman–Crippen LogP) is 2.58. The molecule has 0 unspecified atom stereocenters. The van der Waals surface area contributed by atoms with E-state index in [1.165, 1.54) is 12.8 Å². The number of hydrogen-bond acceptors (Lipinski definition) is 4. The quantitative estimate of drug-likeness (QED) is 0.890. The minimum atomic E-state index is -0.458. The largest absolute Gasteiger partial charge is 0.490 e. The molecule has 0 aliphatic carbocycles. The first-order chi connectivity index (χ1) is 10.8. The van der Waals surface area contributed by atoms with E-state index in [-0.39, 0.29) is 0 Å². The molecule has 22 heavy (non-hydrogen) atoms. The molecule has 1 aromatic carbocycles. The maximum Gasteiger partial charge on any atom is 0.127 e. The number of para-hydroxylation sites is 1. The summed E-state index contributed by atoms with van der Waals surface area (Å²) in [6, 6.07) is 11.8. The van der Waals surface area contributed by atoms with Gasteiger partial charge in [0.1, 0.15) is 18.5 Å². The highest BCUT2D eigenvalue weighted by Gasteiger charge is 2.16. The second-order valence-corrected chi connectivity index (χ2v) is 5.71. The molecule has 1 aliphatic heterocycles. The molecule has 0 radical (unpaired) electrons. The Morgan fingerprint density at radius 1 is 1.14 bits per heavy atom. The van der Waals surface area contributed by atoms with E-state index in [0.29, 0.717) is 13.2 Å². The van der Waals surface area contributed by atoms with E-state index in [0.717, 1.165) is 30.0 Å². The lowest BCUT2D eigenvalue weighted by atomic mass is 10.1. The van der Waals surface area contributed by atoms with Crippen molar-refractivity contribution in [2.75, 3.05) is 26.2 Å². The smallest absolute Gasteiger partial charge is 0.127 e. The summed E-state index contributed by atoms with van der Waals surface area (Å²) in [5.41, 5.74) is 2.02. The van der Waals surface area contributed by atoms with Crippen LogP contribution < -0.4 is 4.74 Å². The van der Waals surface area contributed by atoms with Gasteiger partial charge in [-0.15, -0.1) is 0 Å². The molecule has 0 saturated carbocycles. The van der Waals surface area contributed by atoms with Crippen LogP contribution in [0.3, 0.4) is 0 Å². The van der Waals surface area contributed by atoms with Crippen LogP contribution in [0.4, 0.5) is 0 Å². The molecule has 0 spiro atoms. The minimum Gasteiger partial charge on any atom is -0.490 e. The van der Waals surface area contributed by atoms with Gasteiger partial charge in [0.05, 0.1) is 0 Å². The summed E-state index contributed by atoms with van der Waals surface area (Å²) in [6.45, 7) is 3.18. The fourth-order valence-electron chi connectivity index (χ4n) is 2.85. The van der Waals surface area contributed by atoms with Crippen molar-refractivity contribution >= 4 is 0 Å². The highest BCUT2D eigenvalue weighted by Crippen LogP contribution is 2.29. The molecule has 1 atom stereocenters. The van der Waals surface area contributed by atoms with Crippen LogP contribution in [0.15, 0.2) is 48.8 Å². The molecule has 0 amide bonds. The van der Waals surface area contributed by atoms with Crippen molar-refractivity contribution in [2.24, 2.45) is 0 Å². The van der Waals surface area contributed by atoms with E-state index in [1.54, 1.807) is 6.20 Å². The molecule has 2 heterocycles. The van der Waals surface area contributed by atoms with Gasteiger partial charge in [0.25, 0.3) is 0 Å². The lowest BCUT2D eigenvalue weighted by Crippen LogP contribution is -2.33. The van der Waals surface area contributed by atoms with Crippen molar-refractivity contribution in [2.45, 2.75) is 18.9 Å². The number of aliphatic hydroxyl groups excluding tert-OH is 1. The number of nitrogens with zero attached hydrogens (tertiary/aromatic N) is 2. The zero-order chi connectivity index (χ0) is 15.2. The summed E-state index contributed by atoms with van der Waals surface area (Å²) in [5, 5.41) is 10.2. The number of pyridine rings is 1. The minimum absolute atomic E-state index is 0.313. The lowest BCUT2D eigenvalue weighted by molar-refractivity contribution is 0.0760. The number of aliphatic hydroxyl groups is 1. The average Bonchev–Trinajstić information content (AvgIpc) is 3.07. The van der Waals surface area contributed by atoms with Crippen molar-refractivity contribution in [1.82, 2.24) is 9.88 Å². The van der Waals surface area contributed by atoms with Gasteiger partial charge < -0.3 is 14.7 Å². The third-order valence-corrected chi connectivity index (χ3v) is 3.96. The first kappa shape index (κ1) is 15.0. The van der Waals surface area contributed by atoms with Crippen LogP contribution in [0.2, 0.25) is 0 Å². The van der Waals surface area contributed by atoms with Gasteiger partial charge in [0.15, 0.2) is 0 Å². The fraction of sp³-hybridized carbons (Fsp3) is 0.389. The van der Waals surface area contributed by atoms with Crippen LogP contribution in [0.5, 0.6) is 5.75 Å². The van der Waals surface area contributed by atoms with Crippen LogP contribution >= 0.6 is 0 Å². The summed E-state index contributed by atoms with van der Waals surface area (Å²) in [5.74, 6) is 0.788. The molecule has 1 aliphatic rings. The number of hydrogen-bond donors (Lipinski definition) is 1. The van der Waals surface area contributed by atoms with Crippen LogP contribution in [-0.4, -0.2) is 47.3 Å². The predicted molar refractivity (Wildman–Crippen MR) is 86.8 cm³/mol. The monoisotopic (exact) mass is 298 g/mol. The molecule has 1 N–H and O–H groups in total. The lowest BCUT2D eigenvalue weighted by Gasteiger charge is -2.20. The Balaban J connectivity index is 1.63. The maximum absolute atomic E-state index is 10.2. The van der Waals surface area contributed by atoms with Crippen LogP contribution in [0.1, 0.15) is 12.8 Å². The number of benzene rings is 1. The summed E-state index contributed by atoms with van der Waals surface area (Å²) >= 11 is 0. The molecular formula is C18H22N2O2. The number of likely N-dealkylation sites (tertiary alicyclic amines) is 1. The highest BCUT2D eigenvalue weighted by molar-refractivity contribution is 5.69. The molecule has 3 rings (SSSR count). The number of β-amino-alcohol motifs (C(OH)–C–C–N with tert-alkyl or cyclic N) is 1.